The van der Waals surface area contributed by atoms with Crippen molar-refractivity contribution < 1.29 is 46.2 Å². The second-order valence-electron chi connectivity index (χ2n) is 17.9. The lowest BCUT2D eigenvalue weighted by Crippen LogP contribution is -2.48. The number of ketones is 1. The molecule has 1 aromatic carbocycles. The molecule has 12 nitrogen and oxygen atoms in total. The highest BCUT2D eigenvalue weighted by Crippen LogP contribution is 2.58. The number of carbonyl (C=O) groups excluding carboxylic acids is 4. The number of hydrogen-bond donors (Lipinski definition) is 1. The van der Waals surface area contributed by atoms with Crippen LogP contribution in [0.2, 0.25) is 0 Å². The summed E-state index contributed by atoms with van der Waals surface area (Å²) in [5, 5.41) is -0.968. The van der Waals surface area contributed by atoms with Gasteiger partial charge in [-0.1, -0.05) is 44.2 Å². The number of rotatable bonds is 9. The number of halogens is 1. The molecule has 3 aliphatic carbocycles. The van der Waals surface area contributed by atoms with Gasteiger partial charge in [-0.3, -0.25) is 19.2 Å². The molecule has 14 heteroatoms. The monoisotopic (exact) mass is 795 g/mol. The summed E-state index contributed by atoms with van der Waals surface area (Å²) in [5.41, 5.74) is -2.20. The number of aromatic nitrogens is 1. The Morgan fingerprint density at radius 2 is 1.73 bits per heavy atom. The van der Waals surface area contributed by atoms with Gasteiger partial charge in [0.05, 0.1) is 42.6 Å². The number of ether oxygens (including phenoxy) is 3. The highest BCUT2D eigenvalue weighted by Gasteiger charge is 2.64. The summed E-state index contributed by atoms with van der Waals surface area (Å²) in [6.45, 7) is 9.35. The molecule has 0 spiro atoms. The fraction of sp³-hybridized carbons (Fsp3) is 0.643. The van der Waals surface area contributed by atoms with Crippen LogP contribution in [0, 0.1) is 29.1 Å². The Morgan fingerprint density at radius 1 is 1.02 bits per heavy atom. The molecule has 7 atom stereocenters. The van der Waals surface area contributed by atoms with Crippen molar-refractivity contribution in [2.45, 2.75) is 134 Å². The first-order valence-corrected chi connectivity index (χ1v) is 21.5. The molecule has 0 unspecified atom stereocenters. The van der Waals surface area contributed by atoms with Gasteiger partial charge < -0.3 is 19.1 Å². The Hall–Kier alpha value is -4.07. The van der Waals surface area contributed by atoms with Crippen LogP contribution in [0.15, 0.2) is 42.6 Å². The maximum absolute atomic E-state index is 14.9. The molecular weight excluding hydrogens is 742 g/mol. The van der Waals surface area contributed by atoms with Crippen molar-refractivity contribution in [1.29, 1.82) is 0 Å². The van der Waals surface area contributed by atoms with Crippen molar-refractivity contribution in [2.24, 2.45) is 29.1 Å². The van der Waals surface area contributed by atoms with Crippen LogP contribution >= 0.6 is 0 Å². The number of carbonyl (C=O) groups is 4. The van der Waals surface area contributed by atoms with E-state index in [2.05, 4.69) is 11.9 Å². The predicted octanol–water partition coefficient (Wildman–Crippen LogP) is 6.36. The first-order chi connectivity index (χ1) is 26.4. The first-order valence-electron chi connectivity index (χ1n) is 20.1. The maximum Gasteiger partial charge on any atom is 0.307 e. The van der Waals surface area contributed by atoms with Crippen LogP contribution in [0.1, 0.15) is 105 Å². The number of sulfonamides is 1. The molecule has 1 N–H and O–H groups in total. The number of alkyl halides is 1. The van der Waals surface area contributed by atoms with Crippen molar-refractivity contribution in [1.82, 2.24) is 14.6 Å². The molecule has 1 saturated heterocycles. The Kier molecular flexibility index (Phi) is 10.8. The molecule has 56 heavy (non-hydrogen) atoms. The summed E-state index contributed by atoms with van der Waals surface area (Å²) in [6.07, 6.45) is 8.27. The second kappa shape index (κ2) is 15.0. The Morgan fingerprint density at radius 3 is 2.41 bits per heavy atom. The number of pyridine rings is 1. The topological polar surface area (TPSA) is 158 Å². The zero-order chi connectivity index (χ0) is 40.2. The Bertz CT molecular complexity index is 2020. The third-order valence-corrected chi connectivity index (χ3v) is 13.8. The Balaban J connectivity index is 1.22. The van der Waals surface area contributed by atoms with Crippen LogP contribution < -0.4 is 14.2 Å². The minimum absolute atomic E-state index is 0.0138. The average Bonchev–Trinajstić information content (AvgIpc) is 4.07. The van der Waals surface area contributed by atoms with Gasteiger partial charge in [-0.25, -0.2) is 22.5 Å². The van der Waals surface area contributed by atoms with E-state index >= 15 is 0 Å². The standard InChI is InChI=1S/C42H54FN3O9S/c1-25-10-6-7-11-27-21-41(27,39(50)45-56(51,52)42(43)16-17-42)22-34(47)33-19-29(24-46(33)38(49)32(26(2)18-25)20-36(48)55-40(3,4)5)54-37-31-13-9-8-12-30(31)35(23-44-37)53-28-14-15-28/h7-9,11-13,23,25-29,32-33H,6,10,14-22,24H2,1-5H3,(H,45,50)/b11-7-/t25-,26-,27-,29-,32+,33+,41-/m1/s1. The molecule has 7 rings (SSSR count). The molecule has 2 aliphatic heterocycles. The molecule has 0 bridgehead atoms. The van der Waals surface area contributed by atoms with E-state index in [0.717, 1.165) is 24.6 Å². The summed E-state index contributed by atoms with van der Waals surface area (Å²) in [7, 11) is -4.62. The number of esters is 1. The number of amides is 2. The summed E-state index contributed by atoms with van der Waals surface area (Å²) in [5.74, 6) is -2.62. The van der Waals surface area contributed by atoms with Gasteiger partial charge in [0, 0.05) is 36.5 Å². The van der Waals surface area contributed by atoms with Gasteiger partial charge >= 0.3 is 5.97 Å². The molecular formula is C42H54FN3O9S. The minimum atomic E-state index is -4.62. The zero-order valence-electron chi connectivity index (χ0n) is 32.9. The lowest BCUT2D eigenvalue weighted by molar-refractivity contribution is -0.160. The van der Waals surface area contributed by atoms with Crippen molar-refractivity contribution >= 4 is 44.4 Å². The number of benzene rings is 1. The third-order valence-electron chi connectivity index (χ3n) is 11.9. The first kappa shape index (κ1) is 40.1. The van der Waals surface area contributed by atoms with E-state index in [1.54, 1.807) is 27.0 Å². The van der Waals surface area contributed by atoms with Crippen LogP contribution in [0.25, 0.3) is 10.8 Å². The van der Waals surface area contributed by atoms with Gasteiger partial charge in [0.25, 0.3) is 10.0 Å². The summed E-state index contributed by atoms with van der Waals surface area (Å²) in [6, 6.07) is 6.53. The largest absolute Gasteiger partial charge is 0.488 e. The lowest BCUT2D eigenvalue weighted by atomic mass is 9.82. The summed E-state index contributed by atoms with van der Waals surface area (Å²) in [4.78, 5) is 62.7. The van der Waals surface area contributed by atoms with Crippen molar-refractivity contribution in [3.8, 4) is 11.6 Å². The number of nitrogens with one attached hydrogen (secondary N) is 1. The highest BCUT2D eigenvalue weighted by molar-refractivity contribution is 7.91. The van der Waals surface area contributed by atoms with E-state index < -0.39 is 67.7 Å². The van der Waals surface area contributed by atoms with E-state index in [1.807, 2.05) is 48.1 Å². The fourth-order valence-electron chi connectivity index (χ4n) is 8.39. The van der Waals surface area contributed by atoms with Crippen LogP contribution in [-0.4, -0.2) is 77.3 Å². The number of hydrogen-bond acceptors (Lipinski definition) is 10. The summed E-state index contributed by atoms with van der Waals surface area (Å²) >= 11 is 0. The Labute approximate surface area is 328 Å². The summed E-state index contributed by atoms with van der Waals surface area (Å²) < 4.78 is 60.9. The molecule has 3 heterocycles. The number of allylic oxidation sites excluding steroid dienone is 2. The predicted molar refractivity (Wildman–Crippen MR) is 205 cm³/mol. The quantitative estimate of drug-likeness (QED) is 0.224. The van der Waals surface area contributed by atoms with Gasteiger partial charge in [0.2, 0.25) is 22.7 Å². The number of fused-ring (bicyclic) bond motifs is 3. The maximum atomic E-state index is 14.9. The average molecular weight is 796 g/mol. The minimum Gasteiger partial charge on any atom is -0.488 e. The van der Waals surface area contributed by atoms with Gasteiger partial charge in [0.1, 0.15) is 17.5 Å². The van der Waals surface area contributed by atoms with E-state index in [-0.39, 0.29) is 68.9 Å². The normalized spacial score (nSPS) is 31.3. The molecule has 5 aliphatic rings. The van der Waals surface area contributed by atoms with E-state index in [1.165, 1.54) is 4.90 Å². The molecule has 1 aromatic heterocycles. The molecule has 3 saturated carbocycles. The molecule has 2 amide bonds. The van der Waals surface area contributed by atoms with E-state index in [9.17, 15) is 32.0 Å². The van der Waals surface area contributed by atoms with Crippen molar-refractivity contribution in [3.63, 3.8) is 0 Å². The van der Waals surface area contributed by atoms with E-state index in [0.29, 0.717) is 29.9 Å². The zero-order valence-corrected chi connectivity index (χ0v) is 33.7. The molecule has 304 valence electrons. The van der Waals surface area contributed by atoms with Crippen molar-refractivity contribution in [2.75, 3.05) is 6.54 Å². The van der Waals surface area contributed by atoms with Crippen LogP contribution in [-0.2, 0) is 33.9 Å². The number of nitrogens with zero attached hydrogens (tertiary/aromatic N) is 2. The van der Waals surface area contributed by atoms with Crippen LogP contribution in [0.4, 0.5) is 4.39 Å². The van der Waals surface area contributed by atoms with Gasteiger partial charge in [-0.15, -0.1) is 0 Å². The molecule has 0 radical (unpaired) electrons. The lowest BCUT2D eigenvalue weighted by Gasteiger charge is -2.32. The van der Waals surface area contributed by atoms with Gasteiger partial charge in [0.15, 0.2) is 5.78 Å². The molecule has 2 aromatic rings. The van der Waals surface area contributed by atoms with E-state index in [4.69, 9.17) is 14.2 Å². The van der Waals surface area contributed by atoms with Gasteiger partial charge in [-0.05, 0) is 83.1 Å². The SMILES string of the molecule is C[C@@H]1CC/C=C\[C@@H]2C[C@@]2(C(=O)NS(=O)(=O)C2(F)CC2)CC(=O)[C@@H]2C[C@@H](Oc3ncc(OC4CC4)c4ccccc34)CN2C(=O)[C@@H](CC(=O)OC(C)(C)C)[C@H](C)C1. The fourth-order valence-corrected chi connectivity index (χ4v) is 9.66. The third kappa shape index (κ3) is 8.60. The highest BCUT2D eigenvalue weighted by atomic mass is 32.2. The van der Waals surface area contributed by atoms with Crippen LogP contribution in [0.5, 0.6) is 11.6 Å². The van der Waals surface area contributed by atoms with Crippen LogP contribution in [0.3, 0.4) is 0 Å². The molecule has 4 fully saturated rings. The van der Waals surface area contributed by atoms with Gasteiger partial charge in [-0.2, -0.15) is 0 Å². The van der Waals surface area contributed by atoms with Crippen molar-refractivity contribution in [3.05, 3.63) is 42.6 Å². The number of Topliss-reactive ketones (excluding diaryl/α,β-unsaturated/α-hetero) is 1. The second-order valence-corrected chi connectivity index (χ2v) is 19.9. The smallest absolute Gasteiger partial charge is 0.307 e.